The highest BCUT2D eigenvalue weighted by Crippen LogP contribution is 2.09. The van der Waals surface area contributed by atoms with Gasteiger partial charge in [0.2, 0.25) is 0 Å². The van der Waals surface area contributed by atoms with E-state index in [2.05, 4.69) is 73.8 Å². The third-order valence-corrected chi connectivity index (χ3v) is 3.94. The van der Waals surface area contributed by atoms with Gasteiger partial charge in [0.05, 0.1) is 6.61 Å². The summed E-state index contributed by atoms with van der Waals surface area (Å²) in [7, 11) is 0. The van der Waals surface area contributed by atoms with Crippen molar-refractivity contribution in [3.8, 4) is 0 Å². The molecule has 0 spiro atoms. The number of carbonyl (C=O) groups excluding carboxylic acids is 1. The molecule has 1 saturated heterocycles. The normalized spacial score (nSPS) is 17.4. The van der Waals surface area contributed by atoms with Crippen molar-refractivity contribution in [2.24, 2.45) is 0 Å². The monoisotopic (exact) mass is 384 g/mol. The highest BCUT2D eigenvalue weighted by atomic mass is 16.6. The fourth-order valence-electron chi connectivity index (χ4n) is 2.26. The Morgan fingerprint density at radius 3 is 1.64 bits per heavy atom. The van der Waals surface area contributed by atoms with Gasteiger partial charge >= 0.3 is 5.97 Å². The van der Waals surface area contributed by atoms with Crippen LogP contribution >= 0.6 is 0 Å². The molecule has 1 atom stereocenters. The van der Waals surface area contributed by atoms with E-state index in [9.17, 15) is 4.79 Å². The van der Waals surface area contributed by atoms with Gasteiger partial charge in [-0.05, 0) is 44.9 Å². The molecule has 154 valence electrons. The molecule has 0 aromatic rings. The number of hydrogen-bond donors (Lipinski definition) is 0. The van der Waals surface area contributed by atoms with E-state index in [1.54, 1.807) is 0 Å². The topological polar surface area (TPSA) is 38.8 Å². The second-order valence-corrected chi connectivity index (χ2v) is 6.59. The third kappa shape index (κ3) is 17.3. The molecule has 0 N–H and O–H groups in total. The van der Waals surface area contributed by atoms with Gasteiger partial charge in [-0.25, -0.2) is 0 Å². The summed E-state index contributed by atoms with van der Waals surface area (Å²) in [6.45, 7) is 3.28. The molecule has 1 heterocycles. The van der Waals surface area contributed by atoms with Crippen LogP contribution in [0.15, 0.2) is 72.9 Å². The first-order valence-corrected chi connectivity index (χ1v) is 10.5. The van der Waals surface area contributed by atoms with Gasteiger partial charge in [-0.1, -0.05) is 79.8 Å². The molecular formula is C25H36O3. The predicted octanol–water partition coefficient (Wildman–Crippen LogP) is 6.41. The van der Waals surface area contributed by atoms with Crippen molar-refractivity contribution in [1.82, 2.24) is 0 Å². The predicted molar refractivity (Wildman–Crippen MR) is 118 cm³/mol. The Balaban J connectivity index is 1.90. The minimum atomic E-state index is -0.143. The zero-order chi connectivity index (χ0) is 20.1. The van der Waals surface area contributed by atoms with E-state index in [0.29, 0.717) is 13.0 Å². The number of allylic oxidation sites excluding steroid dienone is 12. The van der Waals surface area contributed by atoms with E-state index < -0.39 is 0 Å². The minimum Gasteiger partial charge on any atom is -0.463 e. The van der Waals surface area contributed by atoms with Crippen molar-refractivity contribution in [1.29, 1.82) is 0 Å². The number of hydrogen-bond acceptors (Lipinski definition) is 3. The van der Waals surface area contributed by atoms with Gasteiger partial charge in [0.25, 0.3) is 0 Å². The standard InChI is InChI=1S/C25H36O3/c1-2-3-4-5-6-7-8-9-10-11-12-13-14-15-16-17-18-19-20-21-25(26)28-23-24-22-27-24/h3-4,6-7,9-10,12-13,15-16,18-19,24H,2,5,8,11,14,17,20-23H2,1H3/b4-3-,7-6-,10-9-,13-12-,16-15-,19-18-. The fraction of sp³-hybridized carbons (Fsp3) is 0.480. The summed E-state index contributed by atoms with van der Waals surface area (Å²) in [6, 6.07) is 0. The highest BCUT2D eigenvalue weighted by Gasteiger charge is 2.23. The van der Waals surface area contributed by atoms with E-state index in [-0.39, 0.29) is 12.1 Å². The van der Waals surface area contributed by atoms with Crippen LogP contribution in [-0.2, 0) is 14.3 Å². The Labute approximate surface area is 171 Å². The third-order valence-electron chi connectivity index (χ3n) is 3.94. The second-order valence-electron chi connectivity index (χ2n) is 6.59. The van der Waals surface area contributed by atoms with Gasteiger partial charge in [0.15, 0.2) is 0 Å². The van der Waals surface area contributed by atoms with Gasteiger partial charge in [0, 0.05) is 6.42 Å². The maximum atomic E-state index is 11.4. The summed E-state index contributed by atoms with van der Waals surface area (Å²) in [5.41, 5.74) is 0. The Kier molecular flexibility index (Phi) is 15.6. The van der Waals surface area contributed by atoms with Crippen molar-refractivity contribution >= 4 is 5.97 Å². The molecule has 0 bridgehead atoms. The summed E-state index contributed by atoms with van der Waals surface area (Å²) in [5.74, 6) is -0.143. The summed E-state index contributed by atoms with van der Waals surface area (Å²) in [4.78, 5) is 11.4. The van der Waals surface area contributed by atoms with Crippen molar-refractivity contribution in [2.75, 3.05) is 13.2 Å². The van der Waals surface area contributed by atoms with E-state index in [1.807, 2.05) is 6.08 Å². The lowest BCUT2D eigenvalue weighted by molar-refractivity contribution is -0.144. The molecule has 0 radical (unpaired) electrons. The second kappa shape index (κ2) is 18.2. The quantitative estimate of drug-likeness (QED) is 0.175. The molecule has 3 heteroatoms. The molecule has 0 saturated carbocycles. The van der Waals surface area contributed by atoms with Crippen LogP contribution in [0.3, 0.4) is 0 Å². The van der Waals surface area contributed by atoms with E-state index >= 15 is 0 Å². The summed E-state index contributed by atoms with van der Waals surface area (Å²) >= 11 is 0. The molecule has 1 unspecified atom stereocenters. The zero-order valence-electron chi connectivity index (χ0n) is 17.3. The molecule has 1 aliphatic rings. The first kappa shape index (κ1) is 23.9. The van der Waals surface area contributed by atoms with Gasteiger partial charge in [0.1, 0.15) is 12.7 Å². The smallest absolute Gasteiger partial charge is 0.306 e. The van der Waals surface area contributed by atoms with Gasteiger partial charge in [-0.3, -0.25) is 4.79 Å². The van der Waals surface area contributed by atoms with Crippen LogP contribution in [0.5, 0.6) is 0 Å². The largest absolute Gasteiger partial charge is 0.463 e. The molecule has 0 amide bonds. The van der Waals surface area contributed by atoms with E-state index in [1.165, 1.54) is 0 Å². The van der Waals surface area contributed by atoms with Gasteiger partial charge < -0.3 is 9.47 Å². The van der Waals surface area contributed by atoms with Crippen molar-refractivity contribution in [3.63, 3.8) is 0 Å². The maximum absolute atomic E-state index is 11.4. The van der Waals surface area contributed by atoms with E-state index in [0.717, 1.165) is 51.6 Å². The Hall–Kier alpha value is -2.13. The van der Waals surface area contributed by atoms with Crippen molar-refractivity contribution < 1.29 is 14.3 Å². The van der Waals surface area contributed by atoms with Crippen molar-refractivity contribution in [2.45, 2.75) is 64.4 Å². The van der Waals surface area contributed by atoms with Gasteiger partial charge in [-0.2, -0.15) is 0 Å². The summed E-state index contributed by atoms with van der Waals surface area (Å²) in [6.07, 6.45) is 33.4. The van der Waals surface area contributed by atoms with Gasteiger partial charge in [-0.15, -0.1) is 0 Å². The number of epoxide rings is 1. The Morgan fingerprint density at radius 1 is 0.786 bits per heavy atom. The van der Waals surface area contributed by atoms with Crippen LogP contribution in [0.2, 0.25) is 0 Å². The number of rotatable bonds is 16. The molecule has 1 fully saturated rings. The number of esters is 1. The fourth-order valence-corrected chi connectivity index (χ4v) is 2.26. The van der Waals surface area contributed by atoms with Crippen LogP contribution in [0.25, 0.3) is 0 Å². The lowest BCUT2D eigenvalue weighted by Crippen LogP contribution is -2.08. The number of ether oxygens (including phenoxy) is 2. The Morgan fingerprint density at radius 2 is 1.21 bits per heavy atom. The zero-order valence-corrected chi connectivity index (χ0v) is 17.3. The van der Waals surface area contributed by atoms with Crippen LogP contribution in [-0.4, -0.2) is 25.3 Å². The first-order chi connectivity index (χ1) is 13.8. The average molecular weight is 385 g/mol. The molecule has 1 rings (SSSR count). The number of carbonyl (C=O) groups is 1. The lowest BCUT2D eigenvalue weighted by atomic mass is 10.2. The molecule has 1 aliphatic heterocycles. The van der Waals surface area contributed by atoms with E-state index in [4.69, 9.17) is 9.47 Å². The molecule has 3 nitrogen and oxygen atoms in total. The molecule has 0 aromatic carbocycles. The minimum absolute atomic E-state index is 0.143. The van der Waals surface area contributed by atoms with Crippen LogP contribution < -0.4 is 0 Å². The lowest BCUT2D eigenvalue weighted by Gasteiger charge is -1.99. The molecular weight excluding hydrogens is 348 g/mol. The van der Waals surface area contributed by atoms with Crippen molar-refractivity contribution in [3.05, 3.63) is 72.9 Å². The van der Waals surface area contributed by atoms with Crippen LogP contribution in [0.1, 0.15) is 58.3 Å². The SMILES string of the molecule is CC/C=C\C/C=C\C/C=C\C/C=C\C/C=C\C/C=C\CCC(=O)OCC1CO1. The molecule has 0 aliphatic carbocycles. The van der Waals surface area contributed by atoms with Crippen LogP contribution in [0.4, 0.5) is 0 Å². The average Bonchev–Trinajstić information content (AvgIpc) is 3.52. The summed E-state index contributed by atoms with van der Waals surface area (Å²) in [5, 5.41) is 0. The highest BCUT2D eigenvalue weighted by molar-refractivity contribution is 5.69. The molecule has 0 aromatic heterocycles. The Bertz CT molecular complexity index is 560. The first-order valence-electron chi connectivity index (χ1n) is 10.5. The maximum Gasteiger partial charge on any atom is 0.306 e. The molecule has 28 heavy (non-hydrogen) atoms. The van der Waals surface area contributed by atoms with Crippen LogP contribution in [0, 0.1) is 0 Å². The summed E-state index contributed by atoms with van der Waals surface area (Å²) < 4.78 is 10.1.